The van der Waals surface area contributed by atoms with E-state index in [9.17, 15) is 4.79 Å². The first kappa shape index (κ1) is 11.8. The van der Waals surface area contributed by atoms with E-state index in [2.05, 4.69) is 0 Å². The normalized spacial score (nSPS) is 9.93. The molecule has 1 aromatic rings. The molecule has 0 aliphatic rings. The van der Waals surface area contributed by atoms with Gasteiger partial charge in [-0.15, -0.1) is 0 Å². The summed E-state index contributed by atoms with van der Waals surface area (Å²) in [5, 5.41) is 1.50. The number of hydrogen-bond acceptors (Lipinski definition) is 3. The second kappa shape index (κ2) is 4.51. The van der Waals surface area contributed by atoms with Crippen molar-refractivity contribution in [3.05, 3.63) is 28.3 Å². The summed E-state index contributed by atoms with van der Waals surface area (Å²) < 4.78 is 5.09. The second-order valence-corrected chi connectivity index (χ2v) is 3.62. The van der Waals surface area contributed by atoms with E-state index in [1.54, 1.807) is 12.1 Å². The Morgan fingerprint density at radius 3 is 2.60 bits per heavy atom. The van der Waals surface area contributed by atoms with E-state index in [4.69, 9.17) is 22.2 Å². The highest BCUT2D eigenvalue weighted by Crippen LogP contribution is 2.26. The van der Waals surface area contributed by atoms with Crippen LogP contribution in [0.1, 0.15) is 15.9 Å². The molecule has 5 heteroatoms. The average molecular weight is 229 g/mol. The number of methoxy groups -OCH3 is 1. The van der Waals surface area contributed by atoms with E-state index >= 15 is 0 Å². The molecule has 0 aromatic heterocycles. The number of hydrazine groups is 1. The van der Waals surface area contributed by atoms with Crippen LogP contribution in [-0.4, -0.2) is 25.1 Å². The van der Waals surface area contributed by atoms with E-state index < -0.39 is 0 Å². The first-order chi connectivity index (χ1) is 6.97. The van der Waals surface area contributed by atoms with Crippen molar-refractivity contribution in [3.8, 4) is 5.75 Å². The lowest BCUT2D eigenvalue weighted by molar-refractivity contribution is 0.0792. The molecule has 0 fully saturated rings. The standard InChI is InChI=1S/C10H13ClN2O2/c1-6-4-9(15-3)7(5-8(6)11)10(14)13(2)12/h4-5H,12H2,1-3H3. The Morgan fingerprint density at radius 2 is 2.13 bits per heavy atom. The van der Waals surface area contributed by atoms with Crippen molar-refractivity contribution in [2.45, 2.75) is 6.92 Å². The van der Waals surface area contributed by atoms with E-state index in [1.807, 2.05) is 6.92 Å². The molecular formula is C10H13ClN2O2. The molecule has 0 saturated carbocycles. The average Bonchev–Trinajstić information content (AvgIpc) is 2.20. The van der Waals surface area contributed by atoms with E-state index in [1.165, 1.54) is 14.2 Å². The summed E-state index contributed by atoms with van der Waals surface area (Å²) in [7, 11) is 2.96. The summed E-state index contributed by atoms with van der Waals surface area (Å²) in [5.41, 5.74) is 1.21. The molecule has 1 rings (SSSR count). The lowest BCUT2D eigenvalue weighted by Gasteiger charge is -2.14. The van der Waals surface area contributed by atoms with Gasteiger partial charge in [0, 0.05) is 12.1 Å². The van der Waals surface area contributed by atoms with Crippen molar-refractivity contribution in [1.82, 2.24) is 5.01 Å². The third kappa shape index (κ3) is 2.40. The van der Waals surface area contributed by atoms with Crippen molar-refractivity contribution < 1.29 is 9.53 Å². The molecule has 0 radical (unpaired) electrons. The number of benzene rings is 1. The molecule has 0 aliphatic carbocycles. The fourth-order valence-electron chi connectivity index (χ4n) is 1.18. The van der Waals surface area contributed by atoms with Crippen LogP contribution in [0.2, 0.25) is 5.02 Å². The molecule has 0 atom stereocenters. The SMILES string of the molecule is COc1cc(C)c(Cl)cc1C(=O)N(C)N. The number of hydrogen-bond donors (Lipinski definition) is 1. The lowest BCUT2D eigenvalue weighted by atomic mass is 10.1. The van der Waals surface area contributed by atoms with Gasteiger partial charge in [0.1, 0.15) is 5.75 Å². The lowest BCUT2D eigenvalue weighted by Crippen LogP contribution is -2.33. The largest absolute Gasteiger partial charge is 0.496 e. The van der Waals surface area contributed by atoms with Crippen LogP contribution in [0.5, 0.6) is 5.75 Å². The van der Waals surface area contributed by atoms with Crippen LogP contribution in [0.4, 0.5) is 0 Å². The highest BCUT2D eigenvalue weighted by molar-refractivity contribution is 6.31. The number of aryl methyl sites for hydroxylation is 1. The molecule has 0 bridgehead atoms. The monoisotopic (exact) mass is 228 g/mol. The third-order valence-electron chi connectivity index (χ3n) is 2.03. The van der Waals surface area contributed by atoms with E-state index in [0.717, 1.165) is 10.6 Å². The third-order valence-corrected chi connectivity index (χ3v) is 2.44. The molecule has 0 unspecified atom stereocenters. The summed E-state index contributed by atoms with van der Waals surface area (Å²) in [5.74, 6) is 5.50. The molecular weight excluding hydrogens is 216 g/mol. The number of nitrogens with two attached hydrogens (primary N) is 1. The quantitative estimate of drug-likeness (QED) is 0.475. The molecule has 1 amide bonds. The Balaban J connectivity index is 3.27. The van der Waals surface area contributed by atoms with Gasteiger partial charge in [0.25, 0.3) is 5.91 Å². The van der Waals surface area contributed by atoms with Crippen LogP contribution >= 0.6 is 11.6 Å². The smallest absolute Gasteiger partial charge is 0.271 e. The number of carbonyl (C=O) groups is 1. The summed E-state index contributed by atoms with van der Waals surface area (Å²) in [6, 6.07) is 3.26. The summed E-state index contributed by atoms with van der Waals surface area (Å²) in [6.45, 7) is 1.84. The van der Waals surface area contributed by atoms with Crippen molar-refractivity contribution in [2.24, 2.45) is 5.84 Å². The van der Waals surface area contributed by atoms with Gasteiger partial charge < -0.3 is 4.74 Å². The first-order valence-electron chi connectivity index (χ1n) is 4.34. The molecule has 82 valence electrons. The molecule has 4 nitrogen and oxygen atoms in total. The minimum absolute atomic E-state index is 0.339. The van der Waals surface area contributed by atoms with E-state index in [-0.39, 0.29) is 5.91 Å². The highest BCUT2D eigenvalue weighted by Gasteiger charge is 2.16. The highest BCUT2D eigenvalue weighted by atomic mass is 35.5. The number of rotatable bonds is 2. The van der Waals surface area contributed by atoms with Crippen molar-refractivity contribution >= 4 is 17.5 Å². The zero-order valence-corrected chi connectivity index (χ0v) is 9.63. The van der Waals surface area contributed by atoms with Gasteiger partial charge in [-0.05, 0) is 24.6 Å². The number of ether oxygens (including phenoxy) is 1. The fourth-order valence-corrected chi connectivity index (χ4v) is 1.34. The Morgan fingerprint density at radius 1 is 1.53 bits per heavy atom. The van der Waals surface area contributed by atoms with Gasteiger partial charge in [-0.1, -0.05) is 11.6 Å². The molecule has 1 aromatic carbocycles. The predicted octanol–water partition coefficient (Wildman–Crippen LogP) is 1.60. The Bertz CT molecular complexity index is 391. The molecule has 0 spiro atoms. The van der Waals surface area contributed by atoms with Crippen LogP contribution in [-0.2, 0) is 0 Å². The van der Waals surface area contributed by atoms with Gasteiger partial charge in [-0.25, -0.2) is 5.84 Å². The maximum absolute atomic E-state index is 11.6. The van der Waals surface area contributed by atoms with E-state index in [0.29, 0.717) is 16.3 Å². The molecule has 0 aliphatic heterocycles. The van der Waals surface area contributed by atoms with Crippen molar-refractivity contribution in [1.29, 1.82) is 0 Å². The fraction of sp³-hybridized carbons (Fsp3) is 0.300. The Labute approximate surface area is 93.5 Å². The maximum atomic E-state index is 11.6. The maximum Gasteiger partial charge on any atom is 0.271 e. The van der Waals surface area contributed by atoms with Gasteiger partial charge >= 0.3 is 0 Å². The van der Waals surface area contributed by atoms with Crippen LogP contribution in [0.3, 0.4) is 0 Å². The summed E-state index contributed by atoms with van der Waals surface area (Å²) in [4.78, 5) is 11.6. The number of halogens is 1. The zero-order valence-electron chi connectivity index (χ0n) is 8.87. The van der Waals surface area contributed by atoms with Crippen molar-refractivity contribution in [2.75, 3.05) is 14.2 Å². The number of nitrogens with zero attached hydrogens (tertiary/aromatic N) is 1. The number of amides is 1. The van der Waals surface area contributed by atoms with Gasteiger partial charge in [0.2, 0.25) is 0 Å². The van der Waals surface area contributed by atoms with Crippen LogP contribution in [0.15, 0.2) is 12.1 Å². The first-order valence-corrected chi connectivity index (χ1v) is 4.72. The zero-order chi connectivity index (χ0) is 11.6. The van der Waals surface area contributed by atoms with Gasteiger partial charge in [-0.2, -0.15) is 0 Å². The van der Waals surface area contributed by atoms with Crippen LogP contribution in [0.25, 0.3) is 0 Å². The molecule has 15 heavy (non-hydrogen) atoms. The minimum atomic E-state index is -0.339. The predicted molar refractivity (Wildman–Crippen MR) is 59.0 cm³/mol. The Hall–Kier alpha value is -1.26. The van der Waals surface area contributed by atoms with Crippen LogP contribution < -0.4 is 10.6 Å². The Kier molecular flexibility index (Phi) is 3.55. The van der Waals surface area contributed by atoms with Gasteiger partial charge in [-0.3, -0.25) is 9.80 Å². The van der Waals surface area contributed by atoms with Gasteiger partial charge in [0.15, 0.2) is 0 Å². The van der Waals surface area contributed by atoms with Gasteiger partial charge in [0.05, 0.1) is 12.7 Å². The number of carbonyl (C=O) groups excluding carboxylic acids is 1. The second-order valence-electron chi connectivity index (χ2n) is 3.22. The van der Waals surface area contributed by atoms with Crippen molar-refractivity contribution in [3.63, 3.8) is 0 Å². The molecule has 0 saturated heterocycles. The summed E-state index contributed by atoms with van der Waals surface area (Å²) >= 11 is 5.92. The summed E-state index contributed by atoms with van der Waals surface area (Å²) in [6.07, 6.45) is 0. The van der Waals surface area contributed by atoms with Crippen LogP contribution in [0, 0.1) is 6.92 Å². The molecule has 0 heterocycles. The minimum Gasteiger partial charge on any atom is -0.496 e. The topological polar surface area (TPSA) is 55.6 Å². The molecule has 2 N–H and O–H groups in total.